The maximum Gasteiger partial charge on any atom is 0.268 e. The van der Waals surface area contributed by atoms with Crippen molar-refractivity contribution in [3.63, 3.8) is 0 Å². The lowest BCUT2D eigenvalue weighted by Crippen LogP contribution is -2.28. The third-order valence-electron chi connectivity index (χ3n) is 2.72. The van der Waals surface area contributed by atoms with E-state index in [2.05, 4.69) is 0 Å². The third kappa shape index (κ3) is 2.27. The van der Waals surface area contributed by atoms with Gasteiger partial charge in [-0.1, -0.05) is 24.3 Å². The van der Waals surface area contributed by atoms with Crippen LogP contribution in [0.4, 0.5) is 0 Å². The standard InChI is InChI=1S/C14H12N2OS/c1-10-5-3-4-6-11(10)9-12-14(17)16(2)13(18-12)7-8-15/h3-7,9H,1-2H3/b12-9-,13-7-. The van der Waals surface area contributed by atoms with Crippen LogP contribution in [-0.4, -0.2) is 4.57 Å². The predicted molar refractivity (Wildman–Crippen MR) is 73.6 cm³/mol. The SMILES string of the molecule is Cc1ccccc1/C=c1\s/c(=C\C#N)n(C)c1=O. The molecule has 1 heterocycles. The van der Waals surface area contributed by atoms with Crippen LogP contribution in [0.15, 0.2) is 29.1 Å². The summed E-state index contributed by atoms with van der Waals surface area (Å²) in [6.07, 6.45) is 3.26. The van der Waals surface area contributed by atoms with Crippen molar-refractivity contribution in [3.8, 4) is 6.07 Å². The maximum atomic E-state index is 12.0. The van der Waals surface area contributed by atoms with Crippen LogP contribution in [0.1, 0.15) is 11.1 Å². The first kappa shape index (κ1) is 12.3. The highest BCUT2D eigenvalue weighted by atomic mass is 32.1. The van der Waals surface area contributed by atoms with Gasteiger partial charge >= 0.3 is 0 Å². The summed E-state index contributed by atoms with van der Waals surface area (Å²) in [5, 5.41) is 8.65. The van der Waals surface area contributed by atoms with Crippen LogP contribution in [0.25, 0.3) is 12.2 Å². The van der Waals surface area contributed by atoms with Crippen molar-refractivity contribution in [1.82, 2.24) is 4.57 Å². The number of nitriles is 1. The van der Waals surface area contributed by atoms with E-state index in [9.17, 15) is 4.79 Å². The molecule has 0 aliphatic carbocycles. The van der Waals surface area contributed by atoms with Crippen LogP contribution >= 0.6 is 11.3 Å². The fraction of sp³-hybridized carbons (Fsp3) is 0.143. The maximum absolute atomic E-state index is 12.0. The molecule has 0 saturated heterocycles. The molecule has 2 aromatic rings. The number of rotatable bonds is 1. The second-order valence-corrected chi connectivity index (χ2v) is 5.01. The first-order valence-electron chi connectivity index (χ1n) is 5.46. The van der Waals surface area contributed by atoms with Crippen molar-refractivity contribution in [1.29, 1.82) is 5.26 Å². The van der Waals surface area contributed by atoms with Crippen LogP contribution in [0.3, 0.4) is 0 Å². The normalized spacial score (nSPS) is 12.7. The molecule has 18 heavy (non-hydrogen) atoms. The number of hydrogen-bond donors (Lipinski definition) is 0. The van der Waals surface area contributed by atoms with Crippen LogP contribution in [-0.2, 0) is 7.05 Å². The summed E-state index contributed by atoms with van der Waals surface area (Å²) in [5.74, 6) is 0. The lowest BCUT2D eigenvalue weighted by Gasteiger charge is -1.96. The second-order valence-electron chi connectivity index (χ2n) is 3.94. The Labute approximate surface area is 109 Å². The molecule has 0 bridgehead atoms. The molecule has 4 heteroatoms. The molecule has 1 aromatic carbocycles. The Morgan fingerprint density at radius 2 is 2.11 bits per heavy atom. The van der Waals surface area contributed by atoms with Crippen molar-refractivity contribution in [2.75, 3.05) is 0 Å². The monoisotopic (exact) mass is 256 g/mol. The number of aromatic nitrogens is 1. The molecule has 0 fully saturated rings. The van der Waals surface area contributed by atoms with Crippen molar-refractivity contribution in [2.45, 2.75) is 6.92 Å². The van der Waals surface area contributed by atoms with Crippen LogP contribution < -0.4 is 14.8 Å². The Morgan fingerprint density at radius 3 is 2.78 bits per heavy atom. The van der Waals surface area contributed by atoms with E-state index in [1.165, 1.54) is 22.0 Å². The largest absolute Gasteiger partial charge is 0.301 e. The zero-order valence-electron chi connectivity index (χ0n) is 10.2. The number of hydrogen-bond acceptors (Lipinski definition) is 3. The van der Waals surface area contributed by atoms with Gasteiger partial charge in [-0.05, 0) is 24.1 Å². The Bertz CT molecular complexity index is 790. The highest BCUT2D eigenvalue weighted by Gasteiger charge is 2.00. The van der Waals surface area contributed by atoms with E-state index in [1.54, 1.807) is 7.05 Å². The molecular formula is C14H12N2OS. The average molecular weight is 256 g/mol. The minimum Gasteiger partial charge on any atom is -0.301 e. The quantitative estimate of drug-likeness (QED) is 0.760. The van der Waals surface area contributed by atoms with E-state index < -0.39 is 0 Å². The molecule has 3 nitrogen and oxygen atoms in total. The van der Waals surface area contributed by atoms with Gasteiger partial charge in [0.05, 0.1) is 10.6 Å². The fourth-order valence-corrected chi connectivity index (χ4v) is 2.62. The minimum absolute atomic E-state index is 0.0650. The number of benzene rings is 1. The third-order valence-corrected chi connectivity index (χ3v) is 3.84. The van der Waals surface area contributed by atoms with Gasteiger partial charge in [0, 0.05) is 13.1 Å². The second kappa shape index (κ2) is 5.03. The number of nitrogens with zero attached hydrogens (tertiary/aromatic N) is 2. The van der Waals surface area contributed by atoms with E-state index in [0.717, 1.165) is 11.1 Å². The summed E-state index contributed by atoms with van der Waals surface area (Å²) in [4.78, 5) is 12.0. The van der Waals surface area contributed by atoms with Crippen molar-refractivity contribution in [3.05, 3.63) is 54.9 Å². The molecular weight excluding hydrogens is 244 g/mol. The van der Waals surface area contributed by atoms with Crippen molar-refractivity contribution >= 4 is 23.5 Å². The fourth-order valence-electron chi connectivity index (χ4n) is 1.65. The van der Waals surface area contributed by atoms with Gasteiger partial charge in [0.15, 0.2) is 0 Å². The molecule has 90 valence electrons. The summed E-state index contributed by atoms with van der Waals surface area (Å²) in [5.41, 5.74) is 2.09. The first-order valence-corrected chi connectivity index (χ1v) is 6.28. The average Bonchev–Trinajstić information content (AvgIpc) is 2.61. The molecule has 0 spiro atoms. The molecule has 0 aliphatic rings. The lowest BCUT2D eigenvalue weighted by atomic mass is 10.1. The van der Waals surface area contributed by atoms with E-state index in [1.807, 2.05) is 43.3 Å². The van der Waals surface area contributed by atoms with Gasteiger partial charge in [0.1, 0.15) is 4.66 Å². The Morgan fingerprint density at radius 1 is 1.39 bits per heavy atom. The van der Waals surface area contributed by atoms with E-state index in [0.29, 0.717) is 9.20 Å². The van der Waals surface area contributed by atoms with Gasteiger partial charge in [-0.25, -0.2) is 0 Å². The minimum atomic E-state index is -0.0650. The molecule has 0 radical (unpaired) electrons. The Kier molecular flexibility index (Phi) is 3.45. The van der Waals surface area contributed by atoms with Gasteiger partial charge in [-0.15, -0.1) is 11.3 Å². The highest BCUT2D eigenvalue weighted by Crippen LogP contribution is 2.06. The number of thiazole rings is 1. The summed E-state index contributed by atoms with van der Waals surface area (Å²) in [6.45, 7) is 2.01. The van der Waals surface area contributed by atoms with Gasteiger partial charge < -0.3 is 4.57 Å². The molecule has 0 unspecified atom stereocenters. The summed E-state index contributed by atoms with van der Waals surface area (Å²) < 4.78 is 2.81. The van der Waals surface area contributed by atoms with Gasteiger partial charge in [0.25, 0.3) is 5.56 Å². The van der Waals surface area contributed by atoms with E-state index in [4.69, 9.17) is 5.26 Å². The van der Waals surface area contributed by atoms with Gasteiger partial charge in [0.2, 0.25) is 0 Å². The molecule has 0 saturated carbocycles. The van der Waals surface area contributed by atoms with Crippen molar-refractivity contribution < 1.29 is 0 Å². The van der Waals surface area contributed by atoms with E-state index >= 15 is 0 Å². The zero-order chi connectivity index (χ0) is 13.1. The van der Waals surface area contributed by atoms with Crippen LogP contribution in [0.5, 0.6) is 0 Å². The summed E-state index contributed by atoms with van der Waals surface area (Å²) >= 11 is 1.33. The Hall–Kier alpha value is -2.12. The van der Waals surface area contributed by atoms with Gasteiger partial charge in [-0.2, -0.15) is 5.26 Å². The highest BCUT2D eigenvalue weighted by molar-refractivity contribution is 7.07. The molecule has 0 N–H and O–H groups in total. The summed E-state index contributed by atoms with van der Waals surface area (Å²) in [7, 11) is 1.68. The predicted octanol–water partition coefficient (Wildman–Crippen LogP) is 0.888. The zero-order valence-corrected chi connectivity index (χ0v) is 11.0. The summed E-state index contributed by atoms with van der Waals surface area (Å²) in [6, 6.07) is 9.84. The lowest BCUT2D eigenvalue weighted by molar-refractivity contribution is 0.857. The molecule has 1 aromatic heterocycles. The number of aryl methyl sites for hydroxylation is 1. The first-order chi connectivity index (χ1) is 8.63. The van der Waals surface area contributed by atoms with Crippen LogP contribution in [0, 0.1) is 18.3 Å². The molecule has 0 amide bonds. The van der Waals surface area contributed by atoms with Crippen molar-refractivity contribution in [2.24, 2.45) is 7.05 Å². The smallest absolute Gasteiger partial charge is 0.268 e. The molecule has 2 rings (SSSR count). The Balaban J connectivity index is 2.72. The molecule has 0 aliphatic heterocycles. The topological polar surface area (TPSA) is 45.8 Å². The van der Waals surface area contributed by atoms with Gasteiger partial charge in [-0.3, -0.25) is 4.79 Å². The van der Waals surface area contributed by atoms with E-state index in [-0.39, 0.29) is 5.56 Å². The molecule has 0 atom stereocenters. The van der Waals surface area contributed by atoms with Crippen LogP contribution in [0.2, 0.25) is 0 Å².